The Labute approximate surface area is 194 Å². The highest BCUT2D eigenvalue weighted by atomic mass is 16.5. The Kier molecular flexibility index (Phi) is 5.67. The summed E-state index contributed by atoms with van der Waals surface area (Å²) in [4.78, 5) is 20.1. The average molecular weight is 443 g/mol. The number of piperidine rings is 2. The van der Waals surface area contributed by atoms with Gasteiger partial charge in [0.05, 0.1) is 30.9 Å². The quantitative estimate of drug-likeness (QED) is 0.452. The van der Waals surface area contributed by atoms with Crippen LogP contribution in [0, 0.1) is 6.92 Å². The number of imidazole rings is 1. The van der Waals surface area contributed by atoms with Gasteiger partial charge >= 0.3 is 0 Å². The van der Waals surface area contributed by atoms with Crippen molar-refractivity contribution >= 4 is 17.7 Å². The summed E-state index contributed by atoms with van der Waals surface area (Å²) >= 11 is 0. The van der Waals surface area contributed by atoms with Crippen LogP contribution in [0.2, 0.25) is 0 Å². The topological polar surface area (TPSA) is 73.4 Å². The third-order valence-corrected chi connectivity index (χ3v) is 6.86. The van der Waals surface area contributed by atoms with E-state index in [0.29, 0.717) is 6.04 Å². The molecule has 2 aliphatic rings. The lowest BCUT2D eigenvalue weighted by molar-refractivity contribution is -0.136. The summed E-state index contributed by atoms with van der Waals surface area (Å²) in [5.74, 6) is 0.904. The van der Waals surface area contributed by atoms with E-state index in [0.717, 1.165) is 66.1 Å². The third kappa shape index (κ3) is 4.13. The lowest BCUT2D eigenvalue weighted by Gasteiger charge is -2.46. The van der Waals surface area contributed by atoms with Crippen molar-refractivity contribution in [2.45, 2.75) is 51.1 Å². The molecule has 2 N–H and O–H groups in total. The number of aromatic nitrogens is 2. The van der Waals surface area contributed by atoms with Gasteiger partial charge in [0.2, 0.25) is 0 Å². The summed E-state index contributed by atoms with van der Waals surface area (Å²) in [5, 5.41) is 0. The molecule has 0 spiro atoms. The Bertz CT molecular complexity index is 1200. The number of nitrogen functional groups attached to an aromatic ring is 1. The van der Waals surface area contributed by atoms with Crippen LogP contribution in [0.5, 0.6) is 5.75 Å². The molecule has 2 aliphatic heterocycles. The number of anilines is 1. The molecule has 6 heteroatoms. The summed E-state index contributed by atoms with van der Waals surface area (Å²) in [6.45, 7) is 1.96. The van der Waals surface area contributed by atoms with E-state index in [2.05, 4.69) is 22.0 Å². The van der Waals surface area contributed by atoms with Crippen molar-refractivity contribution in [1.29, 1.82) is 0 Å². The lowest BCUT2D eigenvalue weighted by Crippen LogP contribution is -2.49. The van der Waals surface area contributed by atoms with Crippen LogP contribution in [0.25, 0.3) is 11.8 Å². The first kappa shape index (κ1) is 21.3. The molecule has 0 bridgehead atoms. The summed E-state index contributed by atoms with van der Waals surface area (Å²) < 4.78 is 7.60. The Morgan fingerprint density at radius 3 is 2.67 bits per heavy atom. The van der Waals surface area contributed by atoms with Gasteiger partial charge < -0.3 is 19.9 Å². The van der Waals surface area contributed by atoms with Crippen LogP contribution in [0.4, 0.5) is 5.69 Å². The van der Waals surface area contributed by atoms with Gasteiger partial charge in [0.1, 0.15) is 5.75 Å². The zero-order valence-corrected chi connectivity index (χ0v) is 19.2. The van der Waals surface area contributed by atoms with Crippen LogP contribution in [0.1, 0.15) is 55.0 Å². The molecule has 2 fully saturated rings. The zero-order chi connectivity index (χ0) is 22.9. The van der Waals surface area contributed by atoms with Gasteiger partial charge in [-0.15, -0.1) is 0 Å². The molecular formula is C27H30N4O2. The van der Waals surface area contributed by atoms with E-state index in [1.54, 1.807) is 13.4 Å². The van der Waals surface area contributed by atoms with Gasteiger partial charge in [0.15, 0.2) is 0 Å². The van der Waals surface area contributed by atoms with Crippen molar-refractivity contribution in [1.82, 2.24) is 14.5 Å². The number of ether oxygens (including phenoxy) is 1. The van der Waals surface area contributed by atoms with Gasteiger partial charge in [-0.2, -0.15) is 0 Å². The van der Waals surface area contributed by atoms with Gasteiger partial charge in [-0.1, -0.05) is 18.2 Å². The van der Waals surface area contributed by atoms with Crippen molar-refractivity contribution in [2.24, 2.45) is 0 Å². The normalized spacial score (nSPS) is 21.8. The van der Waals surface area contributed by atoms with E-state index < -0.39 is 0 Å². The molecule has 2 unspecified atom stereocenters. The lowest BCUT2D eigenvalue weighted by atomic mass is 9.84. The van der Waals surface area contributed by atoms with Gasteiger partial charge in [-0.25, -0.2) is 4.98 Å². The van der Waals surface area contributed by atoms with E-state index in [4.69, 9.17) is 10.5 Å². The van der Waals surface area contributed by atoms with Crippen molar-refractivity contribution < 1.29 is 9.53 Å². The molecule has 0 aliphatic carbocycles. The van der Waals surface area contributed by atoms with E-state index >= 15 is 0 Å². The second-order valence-corrected chi connectivity index (χ2v) is 9.04. The smallest absolute Gasteiger partial charge is 0.250 e. The number of fused-ring (bicyclic) bond motifs is 1. The number of carbonyl (C=O) groups excluding carboxylic acids is 1. The van der Waals surface area contributed by atoms with Gasteiger partial charge in [-0.05, 0) is 80.5 Å². The number of aryl methyl sites for hydroxylation is 1. The van der Waals surface area contributed by atoms with Crippen LogP contribution in [0.15, 0.2) is 60.6 Å². The first-order valence-corrected chi connectivity index (χ1v) is 11.6. The van der Waals surface area contributed by atoms with Crippen molar-refractivity contribution in [3.63, 3.8) is 0 Å². The fraction of sp³-hybridized carbons (Fsp3) is 0.333. The Morgan fingerprint density at radius 1 is 1.12 bits per heavy atom. The number of methoxy groups -OCH3 is 1. The largest absolute Gasteiger partial charge is 0.495 e. The number of hydrogen-bond acceptors (Lipinski definition) is 4. The SMILES string of the molecule is COc1cc(/C=C2/CCC3CCCC(c4ccc(N)cc4)N3C2=O)ccc1-n1cnc(C)c1. The predicted molar refractivity (Wildman–Crippen MR) is 130 cm³/mol. The molecule has 1 amide bonds. The van der Waals surface area contributed by atoms with Crippen LogP contribution in [-0.4, -0.2) is 33.5 Å². The number of hydrogen-bond donors (Lipinski definition) is 1. The van der Waals surface area contributed by atoms with Crippen molar-refractivity contribution in [3.05, 3.63) is 77.4 Å². The molecule has 0 radical (unpaired) electrons. The second kappa shape index (κ2) is 8.77. The maximum absolute atomic E-state index is 13.6. The van der Waals surface area contributed by atoms with E-state index in [9.17, 15) is 4.79 Å². The van der Waals surface area contributed by atoms with Gasteiger partial charge in [0.25, 0.3) is 5.91 Å². The fourth-order valence-electron chi connectivity index (χ4n) is 5.20. The van der Waals surface area contributed by atoms with Crippen LogP contribution in [-0.2, 0) is 4.79 Å². The van der Waals surface area contributed by atoms with Crippen LogP contribution in [0.3, 0.4) is 0 Å². The number of carbonyl (C=O) groups is 1. The summed E-state index contributed by atoms with van der Waals surface area (Å²) in [6, 6.07) is 14.5. The Balaban J connectivity index is 1.44. The molecule has 170 valence electrons. The highest BCUT2D eigenvalue weighted by Crippen LogP contribution is 2.41. The van der Waals surface area contributed by atoms with Crippen LogP contribution >= 0.6 is 0 Å². The Morgan fingerprint density at radius 2 is 1.94 bits per heavy atom. The van der Waals surface area contributed by atoms with E-state index in [1.807, 2.05) is 54.1 Å². The third-order valence-electron chi connectivity index (χ3n) is 6.86. The molecule has 3 aromatic rings. The monoisotopic (exact) mass is 442 g/mol. The minimum atomic E-state index is 0.113. The van der Waals surface area contributed by atoms with Crippen molar-refractivity contribution in [2.75, 3.05) is 12.8 Å². The molecule has 2 aromatic carbocycles. The van der Waals surface area contributed by atoms with Gasteiger partial charge in [-0.3, -0.25) is 4.79 Å². The summed E-state index contributed by atoms with van der Waals surface area (Å²) in [7, 11) is 1.67. The summed E-state index contributed by atoms with van der Waals surface area (Å²) in [6.07, 6.45) is 10.8. The number of rotatable bonds is 4. The van der Waals surface area contributed by atoms with Gasteiger partial charge in [0, 0.05) is 23.5 Å². The van der Waals surface area contributed by atoms with E-state index in [-0.39, 0.29) is 11.9 Å². The molecule has 1 aromatic heterocycles. The number of amides is 1. The maximum Gasteiger partial charge on any atom is 0.250 e. The number of nitrogens with two attached hydrogens (primary N) is 1. The number of benzene rings is 2. The van der Waals surface area contributed by atoms with Crippen LogP contribution < -0.4 is 10.5 Å². The maximum atomic E-state index is 13.6. The zero-order valence-electron chi connectivity index (χ0n) is 19.2. The molecule has 2 saturated heterocycles. The highest BCUT2D eigenvalue weighted by molar-refractivity contribution is 5.99. The highest BCUT2D eigenvalue weighted by Gasteiger charge is 2.39. The standard InChI is InChI=1S/C27H30N4O2/c1-18-16-30(17-29-18)25-13-6-19(15-26(25)33-2)14-21-9-12-23-4-3-5-24(31(23)27(21)32)20-7-10-22(28)11-8-20/h6-8,10-11,13-17,23-24H,3-5,9,12,28H2,1-2H3/b21-14-. The molecule has 6 nitrogen and oxygen atoms in total. The average Bonchev–Trinajstić information content (AvgIpc) is 3.27. The first-order valence-electron chi connectivity index (χ1n) is 11.6. The predicted octanol–water partition coefficient (Wildman–Crippen LogP) is 5.07. The fourth-order valence-corrected chi connectivity index (χ4v) is 5.20. The molecule has 0 saturated carbocycles. The second-order valence-electron chi connectivity index (χ2n) is 9.04. The van der Waals surface area contributed by atoms with Crippen molar-refractivity contribution in [3.8, 4) is 11.4 Å². The molecular weight excluding hydrogens is 412 g/mol. The molecule has 3 heterocycles. The van der Waals surface area contributed by atoms with E-state index in [1.165, 1.54) is 5.56 Å². The minimum Gasteiger partial charge on any atom is -0.495 e. The molecule has 5 rings (SSSR count). The molecule has 33 heavy (non-hydrogen) atoms. The minimum absolute atomic E-state index is 0.113. The number of nitrogens with zero attached hydrogens (tertiary/aromatic N) is 3. The molecule has 2 atom stereocenters. The summed E-state index contributed by atoms with van der Waals surface area (Å²) in [5.41, 5.74) is 11.5. The Hall–Kier alpha value is -3.54. The first-order chi connectivity index (χ1) is 16.0.